The van der Waals surface area contributed by atoms with E-state index in [-0.39, 0.29) is 17.5 Å². The van der Waals surface area contributed by atoms with Crippen molar-refractivity contribution in [2.75, 3.05) is 14.2 Å². The Morgan fingerprint density at radius 1 is 0.762 bits per heavy atom. The zero-order valence-electron chi connectivity index (χ0n) is 25.1. The molecule has 42 heavy (non-hydrogen) atoms. The molecule has 2 rings (SSSR count). The number of carbonyl (C=O) groups excluding carboxylic acids is 4. The maximum Gasteiger partial charge on any atom is 0.331 e. The lowest BCUT2D eigenvalue weighted by Crippen LogP contribution is -2.48. The fourth-order valence-corrected chi connectivity index (χ4v) is 4.35. The number of aliphatic hydroxyl groups is 1. The normalized spacial score (nSPS) is 12.7. The van der Waals surface area contributed by atoms with E-state index in [1.165, 1.54) is 21.1 Å². The topological polar surface area (TPSA) is 157 Å². The van der Waals surface area contributed by atoms with E-state index in [1.807, 2.05) is 33.8 Å². The maximum atomic E-state index is 12.2. The minimum absolute atomic E-state index is 0.0660. The lowest BCUT2D eigenvalue weighted by Gasteiger charge is -2.19. The SMILES string of the molecule is CCc1nc(C(=O)NC(C(=O)OC)C(C)C)ccc1CS.CCc1nc(C(=O)NC(C(=O)OC)C(C)O)ccc1CS. The molecule has 0 radical (unpaired) electrons. The van der Waals surface area contributed by atoms with Crippen LogP contribution < -0.4 is 10.6 Å². The van der Waals surface area contributed by atoms with Crippen molar-refractivity contribution in [2.45, 2.75) is 77.2 Å². The van der Waals surface area contributed by atoms with Crippen LogP contribution in [0.4, 0.5) is 0 Å². The Bertz CT molecular complexity index is 1130. The molecule has 0 aromatic carbocycles. The largest absolute Gasteiger partial charge is 0.467 e. The molecular weight excluding hydrogens is 580 g/mol. The average molecular weight is 623 g/mol. The van der Waals surface area contributed by atoms with Gasteiger partial charge in [-0.15, -0.1) is 0 Å². The molecule has 2 heterocycles. The second-order valence-corrected chi connectivity index (χ2v) is 10.2. The van der Waals surface area contributed by atoms with Crippen molar-refractivity contribution in [3.63, 3.8) is 0 Å². The molecule has 11 nitrogen and oxygen atoms in total. The quantitative estimate of drug-likeness (QED) is 0.177. The van der Waals surface area contributed by atoms with Crippen LogP contribution in [0.3, 0.4) is 0 Å². The highest BCUT2D eigenvalue weighted by Gasteiger charge is 2.28. The number of ether oxygens (including phenoxy) is 2. The van der Waals surface area contributed by atoms with Crippen molar-refractivity contribution in [2.24, 2.45) is 5.92 Å². The standard InChI is InChI=1S/C15H22N2O3S.C14H20N2O4S/c1-5-11-10(8-21)6-7-12(16-11)14(18)17-13(9(2)3)15(19)20-4;1-4-10-9(7-21)5-6-11(15-10)13(18)16-12(8(2)17)14(19)20-3/h6-7,9,13,21H,5,8H2,1-4H3,(H,17,18);5-6,8,12,17,21H,4,7H2,1-3H3,(H,16,18). The minimum atomic E-state index is -1.13. The summed E-state index contributed by atoms with van der Waals surface area (Å²) < 4.78 is 9.26. The van der Waals surface area contributed by atoms with Crippen LogP contribution >= 0.6 is 25.3 Å². The molecule has 0 saturated heterocycles. The van der Waals surface area contributed by atoms with Gasteiger partial charge in [-0.05, 0) is 48.9 Å². The van der Waals surface area contributed by atoms with E-state index < -0.39 is 36.0 Å². The third-order valence-electron chi connectivity index (χ3n) is 6.25. The molecule has 13 heteroatoms. The number of nitrogens with one attached hydrogen (secondary N) is 2. The van der Waals surface area contributed by atoms with Gasteiger partial charge < -0.3 is 25.2 Å². The van der Waals surface area contributed by atoms with Gasteiger partial charge in [-0.25, -0.2) is 19.6 Å². The number of aromatic nitrogens is 2. The summed E-state index contributed by atoms with van der Waals surface area (Å²) >= 11 is 8.45. The lowest BCUT2D eigenvalue weighted by atomic mass is 10.0. The highest BCUT2D eigenvalue weighted by Crippen LogP contribution is 2.13. The third kappa shape index (κ3) is 10.6. The van der Waals surface area contributed by atoms with Crippen molar-refractivity contribution in [3.8, 4) is 0 Å². The van der Waals surface area contributed by atoms with E-state index in [4.69, 9.17) is 4.74 Å². The predicted molar refractivity (Wildman–Crippen MR) is 166 cm³/mol. The molecule has 0 saturated carbocycles. The first kappa shape index (κ1) is 36.9. The summed E-state index contributed by atoms with van der Waals surface area (Å²) in [7, 11) is 2.50. The van der Waals surface area contributed by atoms with E-state index in [9.17, 15) is 24.3 Å². The lowest BCUT2D eigenvalue weighted by molar-refractivity contribution is -0.145. The Balaban J connectivity index is 0.000000420. The highest BCUT2D eigenvalue weighted by molar-refractivity contribution is 7.79. The van der Waals surface area contributed by atoms with Gasteiger partial charge in [0.25, 0.3) is 11.8 Å². The van der Waals surface area contributed by atoms with Gasteiger partial charge in [-0.3, -0.25) is 9.59 Å². The second-order valence-electron chi connectivity index (χ2n) is 9.56. The predicted octanol–water partition coefficient (Wildman–Crippen LogP) is 2.73. The molecule has 0 bridgehead atoms. The molecule has 0 fully saturated rings. The Morgan fingerprint density at radius 3 is 1.45 bits per heavy atom. The minimum Gasteiger partial charge on any atom is -0.467 e. The molecule has 232 valence electrons. The first-order valence-corrected chi connectivity index (χ1v) is 14.8. The molecule has 2 aromatic heterocycles. The highest BCUT2D eigenvalue weighted by atomic mass is 32.1. The number of methoxy groups -OCH3 is 2. The van der Waals surface area contributed by atoms with E-state index in [2.05, 4.69) is 50.6 Å². The van der Waals surface area contributed by atoms with E-state index in [0.29, 0.717) is 23.6 Å². The summed E-state index contributed by atoms with van der Waals surface area (Å²) in [4.78, 5) is 56.2. The molecule has 0 aliphatic heterocycles. The van der Waals surface area contributed by atoms with Crippen LogP contribution in [-0.2, 0) is 43.4 Å². The van der Waals surface area contributed by atoms with E-state index in [0.717, 1.165) is 28.9 Å². The van der Waals surface area contributed by atoms with Crippen molar-refractivity contribution >= 4 is 49.0 Å². The van der Waals surface area contributed by atoms with Crippen molar-refractivity contribution in [1.82, 2.24) is 20.6 Å². The van der Waals surface area contributed by atoms with Gasteiger partial charge in [0.05, 0.1) is 20.3 Å². The van der Waals surface area contributed by atoms with Crippen molar-refractivity contribution < 1.29 is 33.8 Å². The van der Waals surface area contributed by atoms with Crippen LogP contribution in [0, 0.1) is 5.92 Å². The summed E-state index contributed by atoms with van der Waals surface area (Å²) in [6.07, 6.45) is 0.332. The van der Waals surface area contributed by atoms with Gasteiger partial charge in [0.2, 0.25) is 0 Å². The summed E-state index contributed by atoms with van der Waals surface area (Å²) in [5.74, 6) is -1.03. The van der Waals surface area contributed by atoms with Crippen molar-refractivity contribution in [1.29, 1.82) is 0 Å². The number of aryl methyl sites for hydroxylation is 2. The first-order chi connectivity index (χ1) is 19.9. The fourth-order valence-electron chi connectivity index (χ4n) is 3.77. The number of nitrogens with zero attached hydrogens (tertiary/aromatic N) is 2. The number of hydrogen-bond acceptors (Lipinski definition) is 11. The Kier molecular flexibility index (Phi) is 16.1. The summed E-state index contributed by atoms with van der Waals surface area (Å²) in [5, 5.41) is 14.7. The van der Waals surface area contributed by atoms with Gasteiger partial charge in [0.15, 0.2) is 6.04 Å². The molecule has 0 aliphatic carbocycles. The van der Waals surface area contributed by atoms with Gasteiger partial charge >= 0.3 is 11.9 Å². The molecule has 3 atom stereocenters. The number of amides is 2. The van der Waals surface area contributed by atoms with Gasteiger partial charge in [0, 0.05) is 22.9 Å². The van der Waals surface area contributed by atoms with E-state index in [1.54, 1.807) is 18.2 Å². The maximum absolute atomic E-state index is 12.2. The summed E-state index contributed by atoms with van der Waals surface area (Å²) in [6, 6.07) is 5.03. The number of esters is 2. The van der Waals surface area contributed by atoms with Crippen LogP contribution in [-0.4, -0.2) is 71.2 Å². The number of rotatable bonds is 12. The van der Waals surface area contributed by atoms with Crippen LogP contribution in [0.15, 0.2) is 24.3 Å². The van der Waals surface area contributed by atoms with Crippen LogP contribution in [0.1, 0.15) is 78.1 Å². The number of pyridine rings is 2. The Labute approximate surface area is 258 Å². The number of aliphatic hydroxyl groups excluding tert-OH is 1. The molecular formula is C29H42N4O7S2. The van der Waals surface area contributed by atoms with Crippen LogP contribution in [0.5, 0.6) is 0 Å². The van der Waals surface area contributed by atoms with Gasteiger partial charge in [-0.1, -0.05) is 39.8 Å². The van der Waals surface area contributed by atoms with Gasteiger partial charge in [0.1, 0.15) is 17.4 Å². The fraction of sp³-hybridized carbons (Fsp3) is 0.517. The third-order valence-corrected chi connectivity index (χ3v) is 6.93. The van der Waals surface area contributed by atoms with E-state index >= 15 is 0 Å². The first-order valence-electron chi connectivity index (χ1n) is 13.5. The summed E-state index contributed by atoms with van der Waals surface area (Å²) in [6.45, 7) is 9.00. The molecule has 3 N–H and O–H groups in total. The van der Waals surface area contributed by atoms with Crippen LogP contribution in [0.25, 0.3) is 0 Å². The summed E-state index contributed by atoms with van der Waals surface area (Å²) in [5.41, 5.74) is 4.07. The Morgan fingerprint density at radius 2 is 1.14 bits per heavy atom. The molecule has 0 spiro atoms. The smallest absolute Gasteiger partial charge is 0.331 e. The zero-order valence-corrected chi connectivity index (χ0v) is 26.9. The van der Waals surface area contributed by atoms with Crippen LogP contribution in [0.2, 0.25) is 0 Å². The van der Waals surface area contributed by atoms with Crippen molar-refractivity contribution in [3.05, 3.63) is 58.2 Å². The number of thiol groups is 2. The Hall–Kier alpha value is -3.16. The average Bonchev–Trinajstić information content (AvgIpc) is 3.00. The second kappa shape index (κ2) is 18.4. The number of hydrogen-bond donors (Lipinski definition) is 5. The molecule has 2 amide bonds. The zero-order chi connectivity index (χ0) is 32.0. The molecule has 2 aromatic rings. The van der Waals surface area contributed by atoms with Gasteiger partial charge in [-0.2, -0.15) is 25.3 Å². The number of carbonyl (C=O) groups is 4. The molecule has 3 unspecified atom stereocenters. The molecule has 0 aliphatic rings. The monoisotopic (exact) mass is 622 g/mol.